The van der Waals surface area contributed by atoms with Gasteiger partial charge in [0.05, 0.1) is 10.6 Å². The molecule has 2 aromatic carbocycles. The zero-order valence-electron chi connectivity index (χ0n) is 12.6. The van der Waals surface area contributed by atoms with Crippen molar-refractivity contribution in [2.45, 2.75) is 25.0 Å². The van der Waals surface area contributed by atoms with E-state index in [9.17, 15) is 4.79 Å². The second kappa shape index (κ2) is 5.74. The van der Waals surface area contributed by atoms with Crippen LogP contribution in [0.1, 0.15) is 28.8 Å². The highest BCUT2D eigenvalue weighted by Crippen LogP contribution is 2.38. The number of hydrogen-bond donors (Lipinski definition) is 1. The summed E-state index contributed by atoms with van der Waals surface area (Å²) >= 11 is 6.60. The first-order valence-electron chi connectivity index (χ1n) is 7.84. The van der Waals surface area contributed by atoms with Crippen molar-refractivity contribution in [3.8, 4) is 0 Å². The Kier molecular flexibility index (Phi) is 3.58. The van der Waals surface area contributed by atoms with Crippen LogP contribution in [0.3, 0.4) is 0 Å². The Morgan fingerprint density at radius 1 is 1.09 bits per heavy atom. The van der Waals surface area contributed by atoms with E-state index in [-0.39, 0.29) is 18.1 Å². The highest BCUT2D eigenvalue weighted by atomic mass is 35.5. The lowest BCUT2D eigenvalue weighted by atomic mass is 10.1. The van der Waals surface area contributed by atoms with E-state index in [4.69, 9.17) is 11.6 Å². The molecule has 23 heavy (non-hydrogen) atoms. The average molecular weight is 325 g/mol. The molecule has 0 unspecified atom stereocenters. The van der Waals surface area contributed by atoms with Gasteiger partial charge < -0.3 is 10.2 Å². The second-order valence-corrected chi connectivity index (χ2v) is 6.41. The minimum atomic E-state index is -0.299. The molecular formula is C19H17ClN2O. The van der Waals surface area contributed by atoms with Gasteiger partial charge in [0.2, 0.25) is 0 Å². The lowest BCUT2D eigenvalue weighted by Crippen LogP contribution is -2.50. The fraction of sp³-hybridized carbons (Fsp3) is 0.211. The largest absolute Gasteiger partial charge is 0.360 e. The summed E-state index contributed by atoms with van der Waals surface area (Å²) in [5, 5.41) is 4.05. The number of hydrogen-bond acceptors (Lipinski definition) is 2. The number of carbonyl (C=O) groups is 1. The summed E-state index contributed by atoms with van der Waals surface area (Å²) in [5.74, 6) is 0.0615. The van der Waals surface area contributed by atoms with Crippen molar-refractivity contribution in [2.75, 3.05) is 5.32 Å². The lowest BCUT2D eigenvalue weighted by molar-refractivity contribution is 0.0700. The van der Waals surface area contributed by atoms with Crippen LogP contribution in [-0.4, -0.2) is 23.0 Å². The number of anilines is 1. The average Bonchev–Trinajstić information content (AvgIpc) is 3.40. The van der Waals surface area contributed by atoms with E-state index in [1.165, 1.54) is 0 Å². The van der Waals surface area contributed by atoms with Gasteiger partial charge in [0, 0.05) is 11.7 Å². The topological polar surface area (TPSA) is 32.3 Å². The zero-order chi connectivity index (χ0) is 15.8. The smallest absolute Gasteiger partial charge is 0.258 e. The lowest BCUT2D eigenvalue weighted by Gasteiger charge is -2.38. The summed E-state index contributed by atoms with van der Waals surface area (Å²) in [6.07, 6.45) is 3.71. The molecule has 0 saturated heterocycles. The van der Waals surface area contributed by atoms with Crippen LogP contribution in [0.4, 0.5) is 5.69 Å². The number of carbonyl (C=O) groups excluding carboxylic acids is 1. The van der Waals surface area contributed by atoms with Crippen molar-refractivity contribution in [2.24, 2.45) is 0 Å². The molecule has 1 aliphatic heterocycles. The number of para-hydroxylation sites is 1. The number of nitrogens with one attached hydrogen (secondary N) is 1. The molecule has 4 rings (SSSR count). The van der Waals surface area contributed by atoms with Gasteiger partial charge in [-0.1, -0.05) is 54.1 Å². The minimum Gasteiger partial charge on any atom is -0.360 e. The SMILES string of the molecule is O=C1c2ccccc2N[C@@H](/C(Cl)=C/c2ccccc2)N1C1CC1. The minimum absolute atomic E-state index is 0.0615. The van der Waals surface area contributed by atoms with Gasteiger partial charge in [-0.15, -0.1) is 0 Å². The molecule has 2 aromatic rings. The van der Waals surface area contributed by atoms with E-state index in [0.717, 1.165) is 29.7 Å². The third-order valence-electron chi connectivity index (χ3n) is 4.27. The van der Waals surface area contributed by atoms with Crippen LogP contribution in [0, 0.1) is 0 Å². The molecule has 1 amide bonds. The Hall–Kier alpha value is -2.26. The Morgan fingerprint density at radius 2 is 1.78 bits per heavy atom. The predicted molar refractivity (Wildman–Crippen MR) is 93.3 cm³/mol. The number of amides is 1. The highest BCUT2D eigenvalue weighted by Gasteiger charge is 2.42. The molecule has 3 nitrogen and oxygen atoms in total. The fourth-order valence-corrected chi connectivity index (χ4v) is 3.27. The van der Waals surface area contributed by atoms with E-state index in [2.05, 4.69) is 5.32 Å². The Labute approximate surface area is 140 Å². The Bertz CT molecular complexity index is 768. The van der Waals surface area contributed by atoms with E-state index >= 15 is 0 Å². The molecule has 1 saturated carbocycles. The monoisotopic (exact) mass is 324 g/mol. The third-order valence-corrected chi connectivity index (χ3v) is 4.58. The van der Waals surface area contributed by atoms with Crippen LogP contribution in [0.25, 0.3) is 6.08 Å². The normalized spacial score (nSPS) is 20.9. The van der Waals surface area contributed by atoms with E-state index < -0.39 is 0 Å². The first kappa shape index (κ1) is 14.3. The van der Waals surface area contributed by atoms with Crippen molar-refractivity contribution in [1.29, 1.82) is 0 Å². The summed E-state index contributed by atoms with van der Waals surface area (Å²) in [7, 11) is 0. The summed E-state index contributed by atoms with van der Waals surface area (Å²) in [6.45, 7) is 0. The van der Waals surface area contributed by atoms with E-state index in [0.29, 0.717) is 5.03 Å². The van der Waals surface area contributed by atoms with Gasteiger partial charge in [-0.25, -0.2) is 0 Å². The maximum absolute atomic E-state index is 12.9. The van der Waals surface area contributed by atoms with Crippen LogP contribution in [0.15, 0.2) is 59.6 Å². The van der Waals surface area contributed by atoms with Crippen LogP contribution >= 0.6 is 11.6 Å². The Morgan fingerprint density at radius 3 is 2.52 bits per heavy atom. The molecule has 1 aliphatic carbocycles. The molecule has 1 N–H and O–H groups in total. The van der Waals surface area contributed by atoms with Crippen molar-refractivity contribution in [1.82, 2.24) is 4.90 Å². The van der Waals surface area contributed by atoms with Gasteiger partial charge >= 0.3 is 0 Å². The number of fused-ring (bicyclic) bond motifs is 1. The molecule has 2 aliphatic rings. The molecular weight excluding hydrogens is 308 g/mol. The first-order chi connectivity index (χ1) is 11.2. The number of rotatable bonds is 3. The summed E-state index contributed by atoms with van der Waals surface area (Å²) in [5.41, 5.74) is 2.60. The molecule has 1 fully saturated rings. The van der Waals surface area contributed by atoms with Crippen molar-refractivity contribution in [3.63, 3.8) is 0 Å². The Balaban J connectivity index is 1.72. The highest BCUT2D eigenvalue weighted by molar-refractivity contribution is 6.32. The van der Waals surface area contributed by atoms with Crippen LogP contribution in [-0.2, 0) is 0 Å². The van der Waals surface area contributed by atoms with Gasteiger partial charge in [0.1, 0.15) is 6.17 Å². The van der Waals surface area contributed by atoms with Crippen molar-refractivity contribution >= 4 is 29.3 Å². The maximum Gasteiger partial charge on any atom is 0.258 e. The van der Waals surface area contributed by atoms with Gasteiger partial charge in [0.15, 0.2) is 0 Å². The molecule has 1 heterocycles. The van der Waals surface area contributed by atoms with Gasteiger partial charge in [0.25, 0.3) is 5.91 Å². The molecule has 4 heteroatoms. The number of benzene rings is 2. The first-order valence-corrected chi connectivity index (χ1v) is 8.22. The van der Waals surface area contributed by atoms with E-state index in [1.807, 2.05) is 65.6 Å². The molecule has 0 aromatic heterocycles. The molecule has 116 valence electrons. The maximum atomic E-state index is 12.9. The predicted octanol–water partition coefficient (Wildman–Crippen LogP) is 4.32. The zero-order valence-corrected chi connectivity index (χ0v) is 13.3. The third kappa shape index (κ3) is 2.73. The molecule has 0 radical (unpaired) electrons. The standard InChI is InChI=1S/C19H17ClN2O/c20-16(12-13-6-2-1-3-7-13)18-21-17-9-5-4-8-15(17)19(23)22(18)14-10-11-14/h1-9,12,14,18,21H,10-11H2/b16-12-/t18-/m1/s1. The van der Waals surface area contributed by atoms with Gasteiger partial charge in [-0.3, -0.25) is 4.79 Å². The second-order valence-electron chi connectivity index (χ2n) is 5.98. The van der Waals surface area contributed by atoms with Crippen LogP contribution in [0.2, 0.25) is 0 Å². The van der Waals surface area contributed by atoms with Crippen LogP contribution in [0.5, 0.6) is 0 Å². The number of halogens is 1. The molecule has 0 spiro atoms. The van der Waals surface area contributed by atoms with Crippen LogP contribution < -0.4 is 5.32 Å². The quantitative estimate of drug-likeness (QED) is 0.911. The summed E-state index contributed by atoms with van der Waals surface area (Å²) in [6, 6.07) is 17.8. The summed E-state index contributed by atoms with van der Waals surface area (Å²) in [4.78, 5) is 14.8. The van der Waals surface area contributed by atoms with E-state index in [1.54, 1.807) is 0 Å². The number of nitrogens with zero attached hydrogens (tertiary/aromatic N) is 1. The van der Waals surface area contributed by atoms with Crippen molar-refractivity contribution in [3.05, 3.63) is 70.8 Å². The fourth-order valence-electron chi connectivity index (χ4n) is 2.99. The van der Waals surface area contributed by atoms with Crippen molar-refractivity contribution < 1.29 is 4.79 Å². The molecule has 0 bridgehead atoms. The van der Waals surface area contributed by atoms with Gasteiger partial charge in [-0.05, 0) is 36.6 Å². The molecule has 1 atom stereocenters. The summed E-state index contributed by atoms with van der Waals surface area (Å²) < 4.78 is 0. The van der Waals surface area contributed by atoms with Gasteiger partial charge in [-0.2, -0.15) is 0 Å².